The van der Waals surface area contributed by atoms with Gasteiger partial charge in [-0.1, -0.05) is 55.4 Å². The van der Waals surface area contributed by atoms with Crippen molar-refractivity contribution in [3.8, 4) is 0 Å². The molecule has 4 fully saturated rings. The summed E-state index contributed by atoms with van der Waals surface area (Å²) in [6.45, 7) is 21.5. The van der Waals surface area contributed by atoms with E-state index in [1.807, 2.05) is 6.92 Å². The molecule has 5 aliphatic carbocycles. The molecule has 5 rings (SSSR count). The van der Waals surface area contributed by atoms with Gasteiger partial charge >= 0.3 is 11.9 Å². The fourth-order valence-electron chi connectivity index (χ4n) is 12.1. The minimum atomic E-state index is -1.15. The van der Waals surface area contributed by atoms with Gasteiger partial charge in [-0.05, 0) is 116 Å². The van der Waals surface area contributed by atoms with Crippen molar-refractivity contribution in [1.29, 1.82) is 0 Å². The molecule has 6 nitrogen and oxygen atoms in total. The quantitative estimate of drug-likeness (QED) is 0.291. The van der Waals surface area contributed by atoms with Gasteiger partial charge in [-0.25, -0.2) is 0 Å². The van der Waals surface area contributed by atoms with Crippen LogP contribution < -0.4 is 0 Å². The molecular formula is C38H58O6. The Balaban J connectivity index is 1.46. The first kappa shape index (κ1) is 33.4. The maximum atomic E-state index is 13.7. The Labute approximate surface area is 265 Å². The van der Waals surface area contributed by atoms with Crippen molar-refractivity contribution in [2.45, 2.75) is 146 Å². The Morgan fingerprint density at radius 1 is 0.909 bits per heavy atom. The summed E-state index contributed by atoms with van der Waals surface area (Å²) in [6.07, 6.45) is 8.34. The number of esters is 1. The van der Waals surface area contributed by atoms with Crippen LogP contribution in [-0.4, -0.2) is 34.7 Å². The highest BCUT2D eigenvalue weighted by Gasteiger charge is 2.70. The second-order valence-corrected chi connectivity index (χ2v) is 17.8. The fraction of sp³-hybridized carbons (Fsp3) is 0.842. The third-order valence-electron chi connectivity index (χ3n) is 14.7. The topological polar surface area (TPSA) is 97.7 Å². The average Bonchev–Trinajstić information content (AvgIpc) is 3.23. The largest absolute Gasteiger partial charge is 0.481 e. The number of allylic oxidation sites excluding steroid dienone is 2. The molecule has 0 aromatic carbocycles. The number of aliphatic carboxylic acids is 1. The van der Waals surface area contributed by atoms with Gasteiger partial charge in [0.2, 0.25) is 0 Å². The SMILES string of the molecule is CCC(=O)[C@@]12CC[C@]3(C)[C@H](CC[C@@H]4[C@@]5(C)CC[C@H](OC(=O)CC(C)(C)C(=O)O)C(C)(C)[C@@H]5CC[C@]43C)C1=C(C(C)C)C(=O)C2. The van der Waals surface area contributed by atoms with Gasteiger partial charge in [0.15, 0.2) is 5.78 Å². The van der Waals surface area contributed by atoms with E-state index in [1.165, 1.54) is 5.57 Å². The summed E-state index contributed by atoms with van der Waals surface area (Å²) < 4.78 is 6.12. The van der Waals surface area contributed by atoms with Crippen LogP contribution in [0.5, 0.6) is 0 Å². The molecule has 8 atom stereocenters. The van der Waals surface area contributed by atoms with Gasteiger partial charge in [0.05, 0.1) is 17.3 Å². The highest BCUT2D eigenvalue weighted by molar-refractivity contribution is 6.07. The van der Waals surface area contributed by atoms with Crippen LogP contribution in [0.2, 0.25) is 0 Å². The molecule has 6 heteroatoms. The van der Waals surface area contributed by atoms with Crippen LogP contribution in [0.15, 0.2) is 11.1 Å². The zero-order valence-electron chi connectivity index (χ0n) is 29.2. The first-order valence-electron chi connectivity index (χ1n) is 17.5. The molecule has 4 saturated carbocycles. The maximum absolute atomic E-state index is 13.7. The molecule has 0 aliphatic heterocycles. The molecule has 0 aromatic rings. The molecule has 0 unspecified atom stereocenters. The molecule has 1 N–H and O–H groups in total. The predicted molar refractivity (Wildman–Crippen MR) is 171 cm³/mol. The van der Waals surface area contributed by atoms with Crippen LogP contribution in [0.1, 0.15) is 140 Å². The number of rotatable bonds is 7. The van der Waals surface area contributed by atoms with Gasteiger partial charge in [-0.2, -0.15) is 0 Å². The number of hydrogen-bond donors (Lipinski definition) is 1. The van der Waals surface area contributed by atoms with Crippen molar-refractivity contribution in [2.75, 3.05) is 0 Å². The highest BCUT2D eigenvalue weighted by atomic mass is 16.5. The normalized spacial score (nSPS) is 41.4. The Kier molecular flexibility index (Phi) is 7.98. The third kappa shape index (κ3) is 4.45. The van der Waals surface area contributed by atoms with E-state index >= 15 is 0 Å². The maximum Gasteiger partial charge on any atom is 0.309 e. The van der Waals surface area contributed by atoms with Crippen LogP contribution in [0.4, 0.5) is 0 Å². The first-order valence-corrected chi connectivity index (χ1v) is 17.5. The van der Waals surface area contributed by atoms with Crippen LogP contribution in [0.25, 0.3) is 0 Å². The van der Waals surface area contributed by atoms with E-state index in [2.05, 4.69) is 48.5 Å². The van der Waals surface area contributed by atoms with Crippen molar-refractivity contribution in [2.24, 2.45) is 56.2 Å². The fourth-order valence-corrected chi connectivity index (χ4v) is 12.1. The lowest BCUT2D eigenvalue weighted by atomic mass is 9.33. The lowest BCUT2D eigenvalue weighted by Crippen LogP contribution is -2.66. The van der Waals surface area contributed by atoms with Crippen LogP contribution in [0, 0.1) is 56.2 Å². The molecule has 0 amide bonds. The average molecular weight is 611 g/mol. The van der Waals surface area contributed by atoms with Gasteiger partial charge in [0.1, 0.15) is 11.9 Å². The van der Waals surface area contributed by atoms with Gasteiger partial charge in [0.25, 0.3) is 0 Å². The second-order valence-electron chi connectivity index (χ2n) is 17.8. The number of carboxylic acids is 1. The van der Waals surface area contributed by atoms with E-state index in [1.54, 1.807) is 13.8 Å². The number of carbonyl (C=O) groups is 4. The zero-order chi connectivity index (χ0) is 32.8. The Hall–Kier alpha value is -1.98. The number of fused-ring (bicyclic) bond motifs is 7. The molecular weight excluding hydrogens is 552 g/mol. The van der Waals surface area contributed by atoms with E-state index in [0.717, 1.165) is 56.9 Å². The zero-order valence-corrected chi connectivity index (χ0v) is 29.2. The van der Waals surface area contributed by atoms with Crippen LogP contribution >= 0.6 is 0 Å². The number of ketones is 2. The van der Waals surface area contributed by atoms with E-state index < -0.39 is 22.8 Å². The Bertz CT molecular complexity index is 1290. The molecule has 5 aliphatic rings. The van der Waals surface area contributed by atoms with Gasteiger partial charge in [-0.15, -0.1) is 0 Å². The molecule has 0 saturated heterocycles. The Morgan fingerprint density at radius 2 is 1.57 bits per heavy atom. The van der Waals surface area contributed by atoms with Crippen LogP contribution in [-0.2, 0) is 23.9 Å². The molecule has 0 heterocycles. The monoisotopic (exact) mass is 610 g/mol. The lowest BCUT2D eigenvalue weighted by Gasteiger charge is -2.72. The standard InChI is InChI=1S/C38H58O6/c1-11-27(40)38-19-18-36(9)23(31(38)30(22(2)3)24(39)20-38)12-13-26-35(8)16-15-28(44-29(41)21-33(4,5)32(42)43)34(6,7)25(35)14-17-37(26,36)10/h22-23,25-26,28H,11-21H2,1-10H3,(H,42,43)/t23-,25+,26-,28+,35+,36-,37-,38+/m1/s1. The van der Waals surface area contributed by atoms with Gasteiger partial charge < -0.3 is 9.84 Å². The van der Waals surface area contributed by atoms with E-state index in [0.29, 0.717) is 24.7 Å². The summed E-state index contributed by atoms with van der Waals surface area (Å²) >= 11 is 0. The summed E-state index contributed by atoms with van der Waals surface area (Å²) in [4.78, 5) is 51.9. The van der Waals surface area contributed by atoms with Crippen LogP contribution in [0.3, 0.4) is 0 Å². The summed E-state index contributed by atoms with van der Waals surface area (Å²) in [5, 5.41) is 9.54. The first-order chi connectivity index (χ1) is 20.2. The third-order valence-corrected chi connectivity index (χ3v) is 14.7. The van der Waals surface area contributed by atoms with Crippen molar-refractivity contribution in [3.63, 3.8) is 0 Å². The number of carboxylic acid groups (broad SMARTS) is 1. The molecule has 0 bridgehead atoms. The number of ether oxygens (including phenoxy) is 1. The predicted octanol–water partition coefficient (Wildman–Crippen LogP) is 8.36. The highest BCUT2D eigenvalue weighted by Crippen LogP contribution is 2.76. The summed E-state index contributed by atoms with van der Waals surface area (Å²) in [5.41, 5.74) is 0.423. The lowest BCUT2D eigenvalue weighted by molar-refractivity contribution is -0.233. The summed E-state index contributed by atoms with van der Waals surface area (Å²) in [6, 6.07) is 0. The number of Topliss-reactive ketones (excluding diaryl/α,β-unsaturated/α-hetero) is 2. The summed E-state index contributed by atoms with van der Waals surface area (Å²) in [5.74, 6) is 0.359. The molecule has 0 aromatic heterocycles. The van der Waals surface area contributed by atoms with Crippen molar-refractivity contribution < 1.29 is 29.0 Å². The second kappa shape index (κ2) is 10.5. The van der Waals surface area contributed by atoms with Gasteiger partial charge in [-0.3, -0.25) is 19.2 Å². The van der Waals surface area contributed by atoms with Gasteiger partial charge in [0, 0.05) is 18.3 Å². The minimum absolute atomic E-state index is 0.0113. The van der Waals surface area contributed by atoms with E-state index in [9.17, 15) is 24.3 Å². The van der Waals surface area contributed by atoms with Crippen molar-refractivity contribution >= 4 is 23.5 Å². The van der Waals surface area contributed by atoms with Crippen molar-refractivity contribution in [1.82, 2.24) is 0 Å². The molecule has 44 heavy (non-hydrogen) atoms. The Morgan fingerprint density at radius 3 is 2.16 bits per heavy atom. The smallest absolute Gasteiger partial charge is 0.309 e. The van der Waals surface area contributed by atoms with E-state index in [-0.39, 0.29) is 57.6 Å². The number of carbonyl (C=O) groups excluding carboxylic acids is 3. The minimum Gasteiger partial charge on any atom is -0.481 e. The van der Waals surface area contributed by atoms with E-state index in [4.69, 9.17) is 4.74 Å². The van der Waals surface area contributed by atoms with Crippen molar-refractivity contribution in [3.05, 3.63) is 11.1 Å². The molecule has 246 valence electrons. The summed E-state index contributed by atoms with van der Waals surface area (Å²) in [7, 11) is 0. The molecule has 0 spiro atoms. The molecule has 0 radical (unpaired) electrons. The number of hydrogen-bond acceptors (Lipinski definition) is 5.